The molecule has 0 radical (unpaired) electrons. The number of hydrogen-bond donors (Lipinski definition) is 1. The van der Waals surface area contributed by atoms with Gasteiger partial charge in [0.25, 0.3) is 0 Å². The monoisotopic (exact) mass is 133 g/mol. The summed E-state index contributed by atoms with van der Waals surface area (Å²) in [6.45, 7) is 1.54. The van der Waals surface area contributed by atoms with Crippen LogP contribution in [0.15, 0.2) is 0 Å². The number of carbonyl (C=O) groups excluding carboxylic acids is 1. The van der Waals surface area contributed by atoms with Crippen LogP contribution in [0, 0.1) is 0 Å². The van der Waals surface area contributed by atoms with E-state index in [1.807, 2.05) is 0 Å². The van der Waals surface area contributed by atoms with Crippen LogP contribution in [0.25, 0.3) is 0 Å². The number of rotatable bonds is 1. The zero-order chi connectivity index (χ0) is 6.85. The number of carbonyl (C=O) groups is 1. The molecule has 0 aromatic heterocycles. The minimum Gasteiger partial charge on any atom is -0.447 e. The highest BCUT2D eigenvalue weighted by Crippen LogP contribution is 2.04. The Hall–Kier alpha value is -0.800. The van der Waals surface area contributed by atoms with Gasteiger partial charge in [-0.25, -0.2) is 9.18 Å². The number of alkyl halides is 1. The van der Waals surface area contributed by atoms with Crippen molar-refractivity contribution in [3.63, 3.8) is 0 Å². The zero-order valence-corrected chi connectivity index (χ0v) is 5.06. The van der Waals surface area contributed by atoms with E-state index in [0.29, 0.717) is 0 Å². The van der Waals surface area contributed by atoms with Gasteiger partial charge in [0.2, 0.25) is 0 Å². The van der Waals surface area contributed by atoms with Gasteiger partial charge in [-0.3, -0.25) is 0 Å². The minimum atomic E-state index is -1.03. The first-order chi connectivity index (χ1) is 4.20. The second-order valence-corrected chi connectivity index (χ2v) is 2.03. The van der Waals surface area contributed by atoms with Crippen LogP contribution in [-0.2, 0) is 4.74 Å². The van der Waals surface area contributed by atoms with Crippen molar-refractivity contribution >= 4 is 6.09 Å². The maximum absolute atomic E-state index is 12.3. The molecule has 0 saturated carbocycles. The van der Waals surface area contributed by atoms with Crippen molar-refractivity contribution in [2.45, 2.75) is 19.1 Å². The van der Waals surface area contributed by atoms with Crippen LogP contribution < -0.4 is 5.32 Å². The lowest BCUT2D eigenvalue weighted by molar-refractivity contribution is 0.173. The van der Waals surface area contributed by atoms with Gasteiger partial charge in [-0.05, 0) is 6.92 Å². The summed E-state index contributed by atoms with van der Waals surface area (Å²) in [4.78, 5) is 10.3. The summed E-state index contributed by atoms with van der Waals surface area (Å²) in [6.07, 6.45) is -1.55. The molecule has 1 amide bonds. The molecule has 52 valence electrons. The lowest BCUT2D eigenvalue weighted by atomic mass is 10.2. The van der Waals surface area contributed by atoms with Gasteiger partial charge >= 0.3 is 6.09 Å². The number of hydrogen-bond acceptors (Lipinski definition) is 2. The first kappa shape index (κ1) is 6.32. The molecule has 0 unspecified atom stereocenters. The molecule has 0 aromatic carbocycles. The fourth-order valence-electron chi connectivity index (χ4n) is 0.648. The molecule has 0 aromatic rings. The zero-order valence-electron chi connectivity index (χ0n) is 5.06. The molecule has 1 aliphatic rings. The van der Waals surface area contributed by atoms with Crippen LogP contribution in [-0.4, -0.2) is 24.9 Å². The van der Waals surface area contributed by atoms with Crippen molar-refractivity contribution in [1.29, 1.82) is 0 Å². The Kier molecular flexibility index (Phi) is 1.55. The second-order valence-electron chi connectivity index (χ2n) is 2.03. The van der Waals surface area contributed by atoms with Gasteiger partial charge in [0.15, 0.2) is 0 Å². The number of nitrogens with one attached hydrogen (secondary N) is 1. The van der Waals surface area contributed by atoms with Crippen molar-refractivity contribution < 1.29 is 13.9 Å². The highest BCUT2D eigenvalue weighted by molar-refractivity contribution is 5.69. The van der Waals surface area contributed by atoms with Crippen LogP contribution in [0.4, 0.5) is 9.18 Å². The molecule has 1 N–H and O–H groups in total. The molecule has 1 rings (SSSR count). The van der Waals surface area contributed by atoms with Crippen LogP contribution >= 0.6 is 0 Å². The van der Waals surface area contributed by atoms with E-state index < -0.39 is 18.3 Å². The van der Waals surface area contributed by atoms with Gasteiger partial charge in [-0.1, -0.05) is 0 Å². The summed E-state index contributed by atoms with van der Waals surface area (Å²) >= 11 is 0. The summed E-state index contributed by atoms with van der Waals surface area (Å²) in [5.74, 6) is 0. The van der Waals surface area contributed by atoms with Crippen molar-refractivity contribution in [1.82, 2.24) is 5.32 Å². The molecule has 9 heavy (non-hydrogen) atoms. The molecule has 0 bridgehead atoms. The molecule has 2 atom stereocenters. The number of halogens is 1. The summed E-state index contributed by atoms with van der Waals surface area (Å²) in [7, 11) is 0. The molecular formula is C5H8FNO2. The Morgan fingerprint density at radius 1 is 2.00 bits per heavy atom. The van der Waals surface area contributed by atoms with Gasteiger partial charge in [0.1, 0.15) is 12.8 Å². The highest BCUT2D eigenvalue weighted by atomic mass is 19.1. The molecule has 3 nitrogen and oxygen atoms in total. The van der Waals surface area contributed by atoms with Crippen LogP contribution in [0.5, 0.6) is 0 Å². The van der Waals surface area contributed by atoms with E-state index in [-0.39, 0.29) is 6.61 Å². The van der Waals surface area contributed by atoms with E-state index in [4.69, 9.17) is 0 Å². The molecule has 0 spiro atoms. The van der Waals surface area contributed by atoms with Gasteiger partial charge in [0, 0.05) is 0 Å². The predicted molar refractivity (Wildman–Crippen MR) is 28.8 cm³/mol. The van der Waals surface area contributed by atoms with Crippen LogP contribution in [0.3, 0.4) is 0 Å². The Morgan fingerprint density at radius 2 is 2.67 bits per heavy atom. The number of amides is 1. The molecule has 1 saturated heterocycles. The number of cyclic esters (lactones) is 1. The average molecular weight is 133 g/mol. The second kappa shape index (κ2) is 2.21. The maximum Gasteiger partial charge on any atom is 0.407 e. The Labute approximate surface area is 52.2 Å². The van der Waals surface area contributed by atoms with Gasteiger partial charge in [0.05, 0.1) is 6.04 Å². The standard InChI is InChI=1S/C5H8FNO2/c1-3(6)4-2-9-5(8)7-4/h3-4H,2H2,1H3,(H,7,8)/t3-,4-/m1/s1. The van der Waals surface area contributed by atoms with Gasteiger partial charge in [-0.2, -0.15) is 0 Å². The molecular weight excluding hydrogens is 125 g/mol. The fourth-order valence-corrected chi connectivity index (χ4v) is 0.648. The maximum atomic E-state index is 12.3. The number of ether oxygens (including phenoxy) is 1. The van der Waals surface area contributed by atoms with Gasteiger partial charge < -0.3 is 10.1 Å². The lowest BCUT2D eigenvalue weighted by Crippen LogP contribution is -2.33. The van der Waals surface area contributed by atoms with Gasteiger partial charge in [-0.15, -0.1) is 0 Å². The van der Waals surface area contributed by atoms with E-state index >= 15 is 0 Å². The van der Waals surface area contributed by atoms with Crippen LogP contribution in [0.2, 0.25) is 0 Å². The minimum absolute atomic E-state index is 0.149. The Bertz CT molecular complexity index is 126. The Balaban J connectivity index is 2.39. The SMILES string of the molecule is C[C@@H](F)[C@H]1COC(=O)N1. The summed E-state index contributed by atoms with van der Waals surface area (Å²) in [5, 5.41) is 2.32. The largest absolute Gasteiger partial charge is 0.447 e. The lowest BCUT2D eigenvalue weighted by Gasteiger charge is -2.05. The summed E-state index contributed by atoms with van der Waals surface area (Å²) in [6, 6.07) is -0.447. The predicted octanol–water partition coefficient (Wildman–Crippen LogP) is 0.453. The first-order valence-corrected chi connectivity index (χ1v) is 2.77. The molecule has 1 aliphatic heterocycles. The van der Waals surface area contributed by atoms with Crippen molar-refractivity contribution in [3.8, 4) is 0 Å². The average Bonchev–Trinajstić information content (AvgIpc) is 2.14. The third-order valence-corrected chi connectivity index (χ3v) is 1.25. The molecule has 1 heterocycles. The fraction of sp³-hybridized carbons (Fsp3) is 0.800. The van der Waals surface area contributed by atoms with Crippen molar-refractivity contribution in [3.05, 3.63) is 0 Å². The highest BCUT2D eigenvalue weighted by Gasteiger charge is 2.26. The smallest absolute Gasteiger partial charge is 0.407 e. The third kappa shape index (κ3) is 1.31. The van der Waals surface area contributed by atoms with Crippen molar-refractivity contribution in [2.75, 3.05) is 6.61 Å². The van der Waals surface area contributed by atoms with E-state index in [1.165, 1.54) is 6.92 Å². The Morgan fingerprint density at radius 3 is 2.89 bits per heavy atom. The number of alkyl carbamates (subject to hydrolysis) is 1. The molecule has 1 fully saturated rings. The van der Waals surface area contributed by atoms with Crippen molar-refractivity contribution in [2.24, 2.45) is 0 Å². The van der Waals surface area contributed by atoms with E-state index in [2.05, 4.69) is 10.1 Å². The first-order valence-electron chi connectivity index (χ1n) is 2.77. The third-order valence-electron chi connectivity index (χ3n) is 1.25. The normalized spacial score (nSPS) is 29.1. The summed E-state index contributed by atoms with van der Waals surface area (Å²) < 4.78 is 16.7. The van der Waals surface area contributed by atoms with E-state index in [0.717, 1.165) is 0 Å². The van der Waals surface area contributed by atoms with E-state index in [1.54, 1.807) is 0 Å². The van der Waals surface area contributed by atoms with Crippen LogP contribution in [0.1, 0.15) is 6.92 Å². The molecule has 0 aliphatic carbocycles. The quantitative estimate of drug-likeness (QED) is 0.564. The summed E-state index contributed by atoms with van der Waals surface area (Å²) in [5.41, 5.74) is 0. The van der Waals surface area contributed by atoms with E-state index in [9.17, 15) is 9.18 Å². The topological polar surface area (TPSA) is 38.3 Å². The molecule has 4 heteroatoms.